The number of ether oxygens (including phenoxy) is 1. The maximum absolute atomic E-state index is 12.0. The van der Waals surface area contributed by atoms with E-state index in [0.717, 1.165) is 16.5 Å². The Morgan fingerprint density at radius 3 is 2.67 bits per heavy atom. The molecule has 0 aliphatic carbocycles. The van der Waals surface area contributed by atoms with E-state index in [9.17, 15) is 14.4 Å². The second-order valence-corrected chi connectivity index (χ2v) is 5.89. The molecule has 2 amide bonds. The van der Waals surface area contributed by atoms with Crippen LogP contribution in [0.25, 0.3) is 10.9 Å². The standard InChI is InChI=1S/C20H19N3O4/c1-27-20(26)13-5-4-6-15(11-13)23-19(25)18(24)21-10-9-14-12-22-17-8-3-2-7-16(14)17/h2-8,11-12,22H,9-10H2,1H3,(H,21,24)(H,23,25). The third-order valence-electron chi connectivity index (χ3n) is 4.10. The van der Waals surface area contributed by atoms with E-state index in [2.05, 4.69) is 20.4 Å². The van der Waals surface area contributed by atoms with Gasteiger partial charge in [-0.1, -0.05) is 24.3 Å². The Hall–Kier alpha value is -3.61. The smallest absolute Gasteiger partial charge is 0.337 e. The number of benzene rings is 2. The summed E-state index contributed by atoms with van der Waals surface area (Å²) in [6, 6.07) is 14.1. The van der Waals surface area contributed by atoms with Crippen molar-refractivity contribution in [2.75, 3.05) is 19.0 Å². The maximum atomic E-state index is 12.0. The van der Waals surface area contributed by atoms with E-state index in [1.165, 1.54) is 13.2 Å². The number of para-hydroxylation sites is 1. The topological polar surface area (TPSA) is 100 Å². The zero-order chi connectivity index (χ0) is 19.2. The molecule has 27 heavy (non-hydrogen) atoms. The predicted octanol–water partition coefficient (Wildman–Crippen LogP) is 2.25. The summed E-state index contributed by atoms with van der Waals surface area (Å²) in [5.41, 5.74) is 2.73. The minimum absolute atomic E-state index is 0.287. The summed E-state index contributed by atoms with van der Waals surface area (Å²) in [5, 5.41) is 6.16. The van der Waals surface area contributed by atoms with Crippen LogP contribution in [0.5, 0.6) is 0 Å². The van der Waals surface area contributed by atoms with Crippen molar-refractivity contribution in [2.24, 2.45) is 0 Å². The lowest BCUT2D eigenvalue weighted by atomic mass is 10.1. The summed E-state index contributed by atoms with van der Waals surface area (Å²) >= 11 is 0. The fraction of sp³-hybridized carbons (Fsp3) is 0.150. The molecule has 7 heteroatoms. The van der Waals surface area contributed by atoms with Gasteiger partial charge in [0.05, 0.1) is 12.7 Å². The number of amides is 2. The number of methoxy groups -OCH3 is 1. The molecule has 0 unspecified atom stereocenters. The molecule has 3 N–H and O–H groups in total. The van der Waals surface area contributed by atoms with Gasteiger partial charge in [0, 0.05) is 29.3 Å². The van der Waals surface area contributed by atoms with Gasteiger partial charge in [0.1, 0.15) is 0 Å². The van der Waals surface area contributed by atoms with Crippen LogP contribution in [-0.4, -0.2) is 36.4 Å². The number of carbonyl (C=O) groups excluding carboxylic acids is 3. The lowest BCUT2D eigenvalue weighted by Gasteiger charge is -2.07. The molecular formula is C20H19N3O4. The largest absolute Gasteiger partial charge is 0.465 e. The molecule has 2 aromatic carbocycles. The minimum Gasteiger partial charge on any atom is -0.465 e. The number of anilines is 1. The highest BCUT2D eigenvalue weighted by Crippen LogP contribution is 2.17. The summed E-state index contributed by atoms with van der Waals surface area (Å²) in [7, 11) is 1.27. The van der Waals surface area contributed by atoms with Gasteiger partial charge < -0.3 is 20.4 Å². The van der Waals surface area contributed by atoms with Crippen molar-refractivity contribution in [3.05, 3.63) is 65.9 Å². The molecule has 0 spiro atoms. The molecule has 0 bridgehead atoms. The van der Waals surface area contributed by atoms with E-state index in [0.29, 0.717) is 18.7 Å². The molecule has 0 saturated heterocycles. The van der Waals surface area contributed by atoms with E-state index in [-0.39, 0.29) is 5.56 Å². The first-order chi connectivity index (χ1) is 13.1. The molecule has 0 saturated carbocycles. The van der Waals surface area contributed by atoms with Crippen LogP contribution in [-0.2, 0) is 20.7 Å². The van der Waals surface area contributed by atoms with E-state index in [1.807, 2.05) is 30.5 Å². The fourth-order valence-corrected chi connectivity index (χ4v) is 2.76. The van der Waals surface area contributed by atoms with Crippen LogP contribution in [0.2, 0.25) is 0 Å². The third kappa shape index (κ3) is 4.33. The van der Waals surface area contributed by atoms with Crippen LogP contribution < -0.4 is 10.6 Å². The second-order valence-electron chi connectivity index (χ2n) is 5.89. The normalized spacial score (nSPS) is 10.4. The van der Waals surface area contributed by atoms with Crippen LogP contribution in [0.1, 0.15) is 15.9 Å². The highest BCUT2D eigenvalue weighted by Gasteiger charge is 2.14. The van der Waals surface area contributed by atoms with Gasteiger partial charge in [0.25, 0.3) is 0 Å². The number of fused-ring (bicyclic) bond motifs is 1. The summed E-state index contributed by atoms with van der Waals surface area (Å²) in [6.45, 7) is 0.330. The van der Waals surface area contributed by atoms with Gasteiger partial charge >= 0.3 is 17.8 Å². The average Bonchev–Trinajstić information content (AvgIpc) is 3.10. The van der Waals surface area contributed by atoms with E-state index >= 15 is 0 Å². The van der Waals surface area contributed by atoms with Crippen LogP contribution in [0.4, 0.5) is 5.69 Å². The first-order valence-electron chi connectivity index (χ1n) is 8.41. The number of nitrogens with one attached hydrogen (secondary N) is 3. The molecule has 138 valence electrons. The minimum atomic E-state index is -0.795. The summed E-state index contributed by atoms with van der Waals surface area (Å²) in [4.78, 5) is 38.7. The monoisotopic (exact) mass is 365 g/mol. The summed E-state index contributed by atoms with van der Waals surface area (Å²) in [5.74, 6) is -2.05. The number of esters is 1. The Morgan fingerprint density at radius 2 is 1.85 bits per heavy atom. The number of hydrogen-bond acceptors (Lipinski definition) is 4. The molecule has 0 aliphatic heterocycles. The molecule has 3 rings (SSSR count). The number of aromatic amines is 1. The number of H-pyrrole nitrogens is 1. The number of aromatic nitrogens is 1. The SMILES string of the molecule is COC(=O)c1cccc(NC(=O)C(=O)NCCc2c[nH]c3ccccc23)c1. The molecule has 1 heterocycles. The average molecular weight is 365 g/mol. The van der Waals surface area contributed by atoms with Gasteiger partial charge in [-0.2, -0.15) is 0 Å². The molecule has 0 aliphatic rings. The maximum Gasteiger partial charge on any atom is 0.337 e. The lowest BCUT2D eigenvalue weighted by molar-refractivity contribution is -0.136. The number of hydrogen-bond donors (Lipinski definition) is 3. The summed E-state index contributed by atoms with van der Waals surface area (Å²) in [6.07, 6.45) is 2.50. The van der Waals surface area contributed by atoms with Crippen LogP contribution in [0.15, 0.2) is 54.7 Å². The number of carbonyl (C=O) groups is 3. The van der Waals surface area contributed by atoms with Crippen molar-refractivity contribution in [1.29, 1.82) is 0 Å². The lowest BCUT2D eigenvalue weighted by Crippen LogP contribution is -2.36. The summed E-state index contributed by atoms with van der Waals surface area (Å²) < 4.78 is 4.63. The van der Waals surface area contributed by atoms with Crippen LogP contribution in [0, 0.1) is 0 Å². The van der Waals surface area contributed by atoms with Crippen LogP contribution >= 0.6 is 0 Å². The predicted molar refractivity (Wildman–Crippen MR) is 101 cm³/mol. The fourth-order valence-electron chi connectivity index (χ4n) is 2.76. The zero-order valence-corrected chi connectivity index (χ0v) is 14.7. The first-order valence-corrected chi connectivity index (χ1v) is 8.41. The molecule has 0 fully saturated rings. The zero-order valence-electron chi connectivity index (χ0n) is 14.7. The Bertz CT molecular complexity index is 994. The van der Waals surface area contributed by atoms with Gasteiger partial charge in [0.15, 0.2) is 0 Å². The number of rotatable bonds is 5. The van der Waals surface area contributed by atoms with Crippen molar-refractivity contribution in [1.82, 2.24) is 10.3 Å². The van der Waals surface area contributed by atoms with Gasteiger partial charge in [-0.05, 0) is 36.2 Å². The van der Waals surface area contributed by atoms with E-state index in [1.54, 1.807) is 18.2 Å². The molecule has 0 atom stereocenters. The van der Waals surface area contributed by atoms with Gasteiger partial charge in [-0.15, -0.1) is 0 Å². The second kappa shape index (κ2) is 8.18. The van der Waals surface area contributed by atoms with Gasteiger partial charge in [-0.25, -0.2) is 4.79 Å². The molecular weight excluding hydrogens is 346 g/mol. The van der Waals surface area contributed by atoms with E-state index < -0.39 is 17.8 Å². The molecule has 3 aromatic rings. The third-order valence-corrected chi connectivity index (χ3v) is 4.10. The van der Waals surface area contributed by atoms with Crippen molar-refractivity contribution in [3.8, 4) is 0 Å². The Balaban J connectivity index is 1.54. The Kier molecular flexibility index (Phi) is 5.51. The first kappa shape index (κ1) is 18.2. The highest BCUT2D eigenvalue weighted by atomic mass is 16.5. The Labute approximate surface area is 155 Å². The van der Waals surface area contributed by atoms with Gasteiger partial charge in [-0.3, -0.25) is 9.59 Å². The Morgan fingerprint density at radius 1 is 1.04 bits per heavy atom. The highest BCUT2D eigenvalue weighted by molar-refractivity contribution is 6.39. The molecule has 7 nitrogen and oxygen atoms in total. The molecule has 0 radical (unpaired) electrons. The van der Waals surface area contributed by atoms with Crippen molar-refractivity contribution < 1.29 is 19.1 Å². The quantitative estimate of drug-likeness (QED) is 0.477. The van der Waals surface area contributed by atoms with Gasteiger partial charge in [0.2, 0.25) is 0 Å². The van der Waals surface area contributed by atoms with Crippen molar-refractivity contribution in [3.63, 3.8) is 0 Å². The molecule has 1 aromatic heterocycles. The van der Waals surface area contributed by atoms with Crippen molar-refractivity contribution >= 4 is 34.4 Å². The van der Waals surface area contributed by atoms with E-state index in [4.69, 9.17) is 0 Å². The van der Waals surface area contributed by atoms with Crippen LogP contribution in [0.3, 0.4) is 0 Å². The van der Waals surface area contributed by atoms with Crippen molar-refractivity contribution in [2.45, 2.75) is 6.42 Å².